The second-order valence-electron chi connectivity index (χ2n) is 5.57. The molecule has 0 saturated carbocycles. The zero-order chi connectivity index (χ0) is 14.4. The summed E-state index contributed by atoms with van der Waals surface area (Å²) < 4.78 is 4.78. The predicted molar refractivity (Wildman–Crippen MR) is 80.8 cm³/mol. The van der Waals surface area contributed by atoms with Crippen LogP contribution in [0.3, 0.4) is 0 Å². The predicted octanol–water partition coefficient (Wildman–Crippen LogP) is 2.19. The van der Waals surface area contributed by atoms with Gasteiger partial charge < -0.3 is 15.0 Å². The Kier molecular flexibility index (Phi) is 5.41. The van der Waals surface area contributed by atoms with Crippen LogP contribution >= 0.6 is 0 Å². The molecule has 1 aromatic carbocycles. The summed E-state index contributed by atoms with van der Waals surface area (Å²) in [4.78, 5) is 13.8. The van der Waals surface area contributed by atoms with Crippen molar-refractivity contribution in [3.63, 3.8) is 0 Å². The Labute approximate surface area is 121 Å². The molecule has 1 aromatic rings. The molecule has 1 fully saturated rings. The number of nitrogens with zero attached hydrogens (tertiary/aromatic N) is 1. The smallest absolute Gasteiger partial charge is 0.246 e. The Bertz CT molecular complexity index is 431. The fourth-order valence-corrected chi connectivity index (χ4v) is 2.63. The lowest BCUT2D eigenvalue weighted by molar-refractivity contribution is -0.124. The summed E-state index contributed by atoms with van der Waals surface area (Å²) in [6, 6.07) is 8.47. The highest BCUT2D eigenvalue weighted by atomic mass is 16.5. The first-order valence-electron chi connectivity index (χ1n) is 7.28. The molecule has 110 valence electrons. The van der Waals surface area contributed by atoms with Crippen molar-refractivity contribution in [2.45, 2.75) is 26.3 Å². The van der Waals surface area contributed by atoms with E-state index in [1.54, 1.807) is 0 Å². The minimum absolute atomic E-state index is 0.0820. The van der Waals surface area contributed by atoms with E-state index in [0.29, 0.717) is 6.54 Å². The lowest BCUT2D eigenvalue weighted by Gasteiger charge is -2.32. The number of benzene rings is 1. The molecule has 0 unspecified atom stereocenters. The van der Waals surface area contributed by atoms with Crippen molar-refractivity contribution < 1.29 is 9.53 Å². The van der Waals surface area contributed by atoms with E-state index in [-0.39, 0.29) is 12.5 Å². The third-order valence-electron chi connectivity index (χ3n) is 3.72. The van der Waals surface area contributed by atoms with Crippen LogP contribution in [0.5, 0.6) is 0 Å². The Hall–Kier alpha value is -1.55. The Morgan fingerprint density at radius 2 is 2.15 bits per heavy atom. The first-order valence-corrected chi connectivity index (χ1v) is 7.28. The third-order valence-corrected chi connectivity index (χ3v) is 3.72. The second kappa shape index (κ2) is 7.29. The fraction of sp³-hybridized carbons (Fsp3) is 0.562. The van der Waals surface area contributed by atoms with Crippen molar-refractivity contribution in [2.75, 3.05) is 31.7 Å². The largest absolute Gasteiger partial charge is 0.375 e. The maximum absolute atomic E-state index is 11.3. The van der Waals surface area contributed by atoms with Gasteiger partial charge >= 0.3 is 0 Å². The van der Waals surface area contributed by atoms with E-state index in [1.807, 2.05) is 0 Å². The van der Waals surface area contributed by atoms with Crippen molar-refractivity contribution in [1.82, 2.24) is 5.32 Å². The molecule has 1 aliphatic rings. The normalized spacial score (nSPS) is 18.9. The molecule has 1 amide bonds. The van der Waals surface area contributed by atoms with E-state index in [1.165, 1.54) is 25.6 Å². The SMILES string of the molecule is COCC(=O)NCc1ccc(N2CCC[C@H](C)C2)cc1. The zero-order valence-corrected chi connectivity index (χ0v) is 12.4. The number of carbonyl (C=O) groups excluding carboxylic acids is 1. The summed E-state index contributed by atoms with van der Waals surface area (Å²) in [5, 5.41) is 2.83. The molecule has 0 radical (unpaired) electrons. The van der Waals surface area contributed by atoms with Gasteiger partial charge in [0.25, 0.3) is 0 Å². The van der Waals surface area contributed by atoms with Crippen molar-refractivity contribution in [3.8, 4) is 0 Å². The molecule has 4 heteroatoms. The highest BCUT2D eigenvalue weighted by molar-refractivity contribution is 5.77. The van der Waals surface area contributed by atoms with E-state index in [9.17, 15) is 4.79 Å². The van der Waals surface area contributed by atoms with Crippen LogP contribution in [-0.2, 0) is 16.1 Å². The molecule has 1 aliphatic heterocycles. The van der Waals surface area contributed by atoms with E-state index < -0.39 is 0 Å². The van der Waals surface area contributed by atoms with Gasteiger partial charge in [0.2, 0.25) is 5.91 Å². The molecular weight excluding hydrogens is 252 g/mol. The van der Waals surface area contributed by atoms with Crippen LogP contribution in [0.4, 0.5) is 5.69 Å². The van der Waals surface area contributed by atoms with E-state index in [2.05, 4.69) is 41.4 Å². The Morgan fingerprint density at radius 3 is 2.80 bits per heavy atom. The van der Waals surface area contributed by atoms with Gasteiger partial charge in [-0.25, -0.2) is 0 Å². The van der Waals surface area contributed by atoms with Gasteiger partial charge in [0, 0.05) is 32.4 Å². The number of amides is 1. The van der Waals surface area contributed by atoms with Crippen LogP contribution in [0.15, 0.2) is 24.3 Å². The molecule has 1 heterocycles. The van der Waals surface area contributed by atoms with Gasteiger partial charge in [-0.2, -0.15) is 0 Å². The van der Waals surface area contributed by atoms with E-state index >= 15 is 0 Å². The van der Waals surface area contributed by atoms with Crippen molar-refractivity contribution in [1.29, 1.82) is 0 Å². The number of anilines is 1. The summed E-state index contributed by atoms with van der Waals surface area (Å²) >= 11 is 0. The first kappa shape index (κ1) is 14.9. The monoisotopic (exact) mass is 276 g/mol. The average Bonchev–Trinajstić information content (AvgIpc) is 2.46. The zero-order valence-electron chi connectivity index (χ0n) is 12.4. The lowest BCUT2D eigenvalue weighted by Crippen LogP contribution is -2.34. The van der Waals surface area contributed by atoms with Crippen molar-refractivity contribution >= 4 is 11.6 Å². The van der Waals surface area contributed by atoms with Crippen molar-refractivity contribution in [2.24, 2.45) is 5.92 Å². The topological polar surface area (TPSA) is 41.6 Å². The Morgan fingerprint density at radius 1 is 1.40 bits per heavy atom. The molecule has 0 aromatic heterocycles. The van der Waals surface area contributed by atoms with Crippen LogP contribution in [-0.4, -0.2) is 32.7 Å². The molecule has 1 N–H and O–H groups in total. The average molecular weight is 276 g/mol. The van der Waals surface area contributed by atoms with Crippen LogP contribution in [0, 0.1) is 5.92 Å². The van der Waals surface area contributed by atoms with Gasteiger partial charge in [-0.3, -0.25) is 4.79 Å². The molecule has 0 aliphatic carbocycles. The molecule has 0 bridgehead atoms. The molecule has 1 saturated heterocycles. The highest BCUT2D eigenvalue weighted by Gasteiger charge is 2.16. The van der Waals surface area contributed by atoms with Crippen molar-refractivity contribution in [3.05, 3.63) is 29.8 Å². The van der Waals surface area contributed by atoms with Gasteiger partial charge in [-0.1, -0.05) is 19.1 Å². The van der Waals surface area contributed by atoms with E-state index in [4.69, 9.17) is 4.74 Å². The minimum atomic E-state index is -0.0820. The Balaban J connectivity index is 1.87. The number of rotatable bonds is 5. The van der Waals surface area contributed by atoms with Gasteiger partial charge in [0.15, 0.2) is 0 Å². The standard InChI is InChI=1S/C16H24N2O2/c1-13-4-3-9-18(11-13)15-7-5-14(6-8-15)10-17-16(19)12-20-2/h5-8,13H,3-4,9-12H2,1-2H3,(H,17,19)/t13-/m0/s1. The van der Waals surface area contributed by atoms with Crippen LogP contribution < -0.4 is 10.2 Å². The molecular formula is C16H24N2O2. The third kappa shape index (κ3) is 4.23. The summed E-state index contributed by atoms with van der Waals surface area (Å²) in [5.74, 6) is 0.693. The number of methoxy groups -OCH3 is 1. The van der Waals surface area contributed by atoms with Gasteiger partial charge in [-0.15, -0.1) is 0 Å². The number of hydrogen-bond donors (Lipinski definition) is 1. The number of nitrogens with one attached hydrogen (secondary N) is 1. The fourth-order valence-electron chi connectivity index (χ4n) is 2.63. The number of carbonyl (C=O) groups is 1. The van der Waals surface area contributed by atoms with Gasteiger partial charge in [0.1, 0.15) is 6.61 Å². The molecule has 0 spiro atoms. The molecule has 2 rings (SSSR count). The van der Waals surface area contributed by atoms with Crippen LogP contribution in [0.2, 0.25) is 0 Å². The maximum Gasteiger partial charge on any atom is 0.246 e. The number of piperidine rings is 1. The minimum Gasteiger partial charge on any atom is -0.375 e. The number of hydrogen-bond acceptors (Lipinski definition) is 3. The second-order valence-corrected chi connectivity index (χ2v) is 5.57. The van der Waals surface area contributed by atoms with Gasteiger partial charge in [0.05, 0.1) is 0 Å². The first-order chi connectivity index (χ1) is 9.69. The summed E-state index contributed by atoms with van der Waals surface area (Å²) in [5.41, 5.74) is 2.40. The quantitative estimate of drug-likeness (QED) is 0.896. The number of ether oxygens (including phenoxy) is 1. The molecule has 4 nitrogen and oxygen atoms in total. The van der Waals surface area contributed by atoms with Crippen LogP contribution in [0.25, 0.3) is 0 Å². The lowest BCUT2D eigenvalue weighted by atomic mass is 9.99. The van der Waals surface area contributed by atoms with E-state index in [0.717, 1.165) is 24.6 Å². The molecule has 20 heavy (non-hydrogen) atoms. The highest BCUT2D eigenvalue weighted by Crippen LogP contribution is 2.23. The molecule has 1 atom stereocenters. The maximum atomic E-state index is 11.3. The summed E-state index contributed by atoms with van der Waals surface area (Å²) in [7, 11) is 1.52. The van der Waals surface area contributed by atoms with Crippen LogP contribution in [0.1, 0.15) is 25.3 Å². The summed E-state index contributed by atoms with van der Waals surface area (Å²) in [6.07, 6.45) is 2.61. The van der Waals surface area contributed by atoms with Gasteiger partial charge in [-0.05, 0) is 36.5 Å². The summed E-state index contributed by atoms with van der Waals surface area (Å²) in [6.45, 7) is 5.27.